The van der Waals surface area contributed by atoms with Crippen LogP contribution in [0.15, 0.2) is 128 Å². The molecule has 424 valence electrons. The van der Waals surface area contributed by atoms with Crippen LogP contribution in [-0.2, 0) is 11.8 Å². The van der Waals surface area contributed by atoms with Crippen molar-refractivity contribution < 1.29 is 19.2 Å². The molecule has 7 saturated carbocycles. The summed E-state index contributed by atoms with van der Waals surface area (Å²) in [6, 6.07) is 35.9. The number of carbonyl (C=O) groups is 4. The molecule has 6 atom stereocenters. The maximum absolute atomic E-state index is 12.7. The van der Waals surface area contributed by atoms with Gasteiger partial charge < -0.3 is 36.8 Å². The van der Waals surface area contributed by atoms with E-state index in [0.29, 0.717) is 58.9 Å². The Morgan fingerprint density at radius 3 is 1.42 bits per heavy atom. The van der Waals surface area contributed by atoms with Gasteiger partial charge in [-0.3, -0.25) is 23.9 Å². The Kier molecular flexibility index (Phi) is 18.4. The Balaban J connectivity index is 0.000000121. The van der Waals surface area contributed by atoms with Gasteiger partial charge in [-0.15, -0.1) is 0 Å². The Morgan fingerprint density at radius 2 is 1.00 bits per heavy atom. The van der Waals surface area contributed by atoms with Crippen molar-refractivity contribution in [2.45, 2.75) is 138 Å². The standard InChI is InChI=1S/C24H24N4O.C19H26N2O.C18H22N4O.C5H9NO/c29-24(28-20-9-7-17(8-10-20)23-25-11-2-12-26-23)19-4-1-3-18(13-19)21-14-22(21)27-15-16-5-6-16;22-19(21-16-6-1-2-7-16)15-5-3-4-14(10-15)17-11-18(17)20-12-13-8-9-13;1-22-11-15(10-20-22)21-18(23)14-4-2-3-13(7-14)16-8-17(16)19-9-12-5-6-12;7-5-6-3-1-2-4-6/h1-4,7-13,16,21-22,27H,5-6,14-15H2,(H,28,29);3-5,10,13,16-18,20H,1-2,6-9,11-12H2,(H,21,22);2-4,7,10-12,16-17,19H,5-6,8-9H2,1H3,(H,21,23);5H,1-4H2. The molecule has 15 nitrogen and oxygen atoms in total. The molecule has 3 heterocycles. The minimum atomic E-state index is -0.0845. The van der Waals surface area contributed by atoms with Crippen LogP contribution in [0.3, 0.4) is 0 Å². The Labute approximate surface area is 477 Å². The molecule has 0 bridgehead atoms. The normalized spacial score (nSPS) is 23.0. The number of nitrogens with zero attached hydrogens (tertiary/aromatic N) is 5. The third kappa shape index (κ3) is 16.8. The molecule has 81 heavy (non-hydrogen) atoms. The number of likely N-dealkylation sites (tertiary alicyclic amines) is 1. The summed E-state index contributed by atoms with van der Waals surface area (Å²) in [5.74, 6) is 5.06. The van der Waals surface area contributed by atoms with E-state index in [1.807, 2.05) is 79.8 Å². The quantitative estimate of drug-likeness (QED) is 0.0402. The summed E-state index contributed by atoms with van der Waals surface area (Å²) < 4.78 is 1.67. The lowest BCUT2D eigenvalue weighted by Crippen LogP contribution is -2.32. The highest BCUT2D eigenvalue weighted by Crippen LogP contribution is 2.44. The fourth-order valence-corrected chi connectivity index (χ4v) is 11.2. The van der Waals surface area contributed by atoms with Gasteiger partial charge in [0.15, 0.2) is 5.82 Å². The maximum atomic E-state index is 12.7. The Bertz CT molecular complexity index is 3050. The third-order valence-corrected chi connectivity index (χ3v) is 17.1. The SMILES string of the molecule is Cn1cc(NC(=O)c2cccc(C3CC3NCC3CC3)c2)cn1.O=C(NC1CCCC1)c1cccc(C2CC2NCC2CC2)c1.O=C(Nc1ccc(-c2ncccn2)cc1)c1cccc(C2CC2NCC2CC2)c1.O=CN1CCCC1. The van der Waals surface area contributed by atoms with Crippen molar-refractivity contribution in [2.24, 2.45) is 24.8 Å². The molecule has 8 fully saturated rings. The monoisotopic (exact) mass is 1090 g/mol. The number of anilines is 2. The third-order valence-electron chi connectivity index (χ3n) is 17.1. The number of rotatable bonds is 20. The van der Waals surface area contributed by atoms with Crippen LogP contribution in [0.25, 0.3) is 11.4 Å². The van der Waals surface area contributed by atoms with Crippen LogP contribution >= 0.6 is 0 Å². The highest BCUT2D eigenvalue weighted by molar-refractivity contribution is 6.05. The molecule has 4 aromatic carbocycles. The van der Waals surface area contributed by atoms with Gasteiger partial charge >= 0.3 is 0 Å². The van der Waals surface area contributed by atoms with Crippen molar-refractivity contribution in [3.05, 3.63) is 161 Å². The number of carbonyl (C=O) groups excluding carboxylic acids is 4. The van der Waals surface area contributed by atoms with Gasteiger partial charge in [-0.25, -0.2) is 9.97 Å². The van der Waals surface area contributed by atoms with Crippen LogP contribution in [-0.4, -0.2) is 106 Å². The van der Waals surface area contributed by atoms with Crippen molar-refractivity contribution >= 4 is 35.5 Å². The molecule has 0 radical (unpaired) electrons. The molecule has 7 aliphatic carbocycles. The highest BCUT2D eigenvalue weighted by Gasteiger charge is 2.41. The number of hydrogen-bond donors (Lipinski definition) is 6. The molecule has 14 rings (SSSR count). The number of hydrogen-bond acceptors (Lipinski definition) is 10. The summed E-state index contributed by atoms with van der Waals surface area (Å²) in [5, 5.41) is 24.1. The summed E-state index contributed by atoms with van der Waals surface area (Å²) >= 11 is 0. The molecule has 6 N–H and O–H groups in total. The number of aromatic nitrogens is 4. The maximum Gasteiger partial charge on any atom is 0.255 e. The molecule has 6 unspecified atom stereocenters. The van der Waals surface area contributed by atoms with E-state index in [9.17, 15) is 19.2 Å². The van der Waals surface area contributed by atoms with Gasteiger partial charge in [-0.2, -0.15) is 5.10 Å². The fourth-order valence-electron chi connectivity index (χ4n) is 11.2. The first kappa shape index (κ1) is 55.8. The van der Waals surface area contributed by atoms with Crippen molar-refractivity contribution in [1.82, 2.24) is 45.9 Å². The molecular formula is C66H81N11O4. The summed E-state index contributed by atoms with van der Waals surface area (Å²) in [4.78, 5) is 57.7. The Morgan fingerprint density at radius 1 is 0.543 bits per heavy atom. The summed E-state index contributed by atoms with van der Waals surface area (Å²) in [7, 11) is 1.83. The lowest BCUT2D eigenvalue weighted by atomic mass is 10.1. The average Bonchev–Trinajstić information content (AvgIpc) is 4.33. The second kappa shape index (κ2) is 26.7. The van der Waals surface area contributed by atoms with Crippen LogP contribution in [0.1, 0.15) is 162 Å². The van der Waals surface area contributed by atoms with E-state index in [4.69, 9.17) is 0 Å². The average molecular weight is 1090 g/mol. The first-order chi connectivity index (χ1) is 39.7. The van der Waals surface area contributed by atoms with E-state index in [1.165, 1.54) is 107 Å². The minimum Gasteiger partial charge on any atom is -0.349 e. The second-order valence-corrected chi connectivity index (χ2v) is 24.0. The number of nitrogens with one attached hydrogen (secondary N) is 6. The number of amides is 4. The van der Waals surface area contributed by atoms with E-state index in [-0.39, 0.29) is 17.7 Å². The number of aryl methyl sites for hydroxylation is 1. The molecule has 2 aromatic heterocycles. The highest BCUT2D eigenvalue weighted by atomic mass is 16.2. The predicted octanol–water partition coefficient (Wildman–Crippen LogP) is 10.2. The lowest BCUT2D eigenvalue weighted by molar-refractivity contribution is -0.117. The topological polar surface area (TPSA) is 187 Å². The predicted molar refractivity (Wildman–Crippen MR) is 318 cm³/mol. The zero-order chi connectivity index (χ0) is 55.5. The van der Waals surface area contributed by atoms with Crippen LogP contribution in [0.4, 0.5) is 11.4 Å². The van der Waals surface area contributed by atoms with Gasteiger partial charge in [0, 0.05) is 109 Å². The van der Waals surface area contributed by atoms with E-state index >= 15 is 0 Å². The first-order valence-electron chi connectivity index (χ1n) is 30.2. The Hall–Kier alpha value is -7.07. The molecule has 15 heteroatoms. The molecule has 4 amide bonds. The molecule has 6 aromatic rings. The van der Waals surface area contributed by atoms with Crippen molar-refractivity contribution in [1.29, 1.82) is 0 Å². The summed E-state index contributed by atoms with van der Waals surface area (Å²) in [6.45, 7) is 5.43. The van der Waals surface area contributed by atoms with Crippen LogP contribution in [0.2, 0.25) is 0 Å². The van der Waals surface area contributed by atoms with Crippen molar-refractivity contribution in [3.8, 4) is 11.4 Å². The summed E-state index contributed by atoms with van der Waals surface area (Å²) in [5.41, 5.74) is 8.48. The molecule has 1 aliphatic heterocycles. The van der Waals surface area contributed by atoms with Gasteiger partial charge in [0.1, 0.15) is 0 Å². The van der Waals surface area contributed by atoms with Gasteiger partial charge in [0.05, 0.1) is 11.9 Å². The van der Waals surface area contributed by atoms with E-state index in [0.717, 1.165) is 85.7 Å². The van der Waals surface area contributed by atoms with Gasteiger partial charge in [-0.1, -0.05) is 49.2 Å². The molecule has 8 aliphatic rings. The fraction of sp³-hybridized carbons (Fsp3) is 0.470. The minimum absolute atomic E-state index is 0.0806. The van der Waals surface area contributed by atoms with Gasteiger partial charge in [-0.05, 0) is 204 Å². The van der Waals surface area contributed by atoms with E-state index in [2.05, 4.69) is 71.2 Å². The molecular weight excluding hydrogens is 1010 g/mol. The lowest BCUT2D eigenvalue weighted by Gasteiger charge is -2.12. The summed E-state index contributed by atoms with van der Waals surface area (Å²) in [6.07, 6.45) is 26.9. The van der Waals surface area contributed by atoms with Gasteiger partial charge in [0.2, 0.25) is 6.41 Å². The van der Waals surface area contributed by atoms with Crippen LogP contribution in [0.5, 0.6) is 0 Å². The first-order valence-corrected chi connectivity index (χ1v) is 30.2. The largest absolute Gasteiger partial charge is 0.349 e. The van der Waals surface area contributed by atoms with Gasteiger partial charge in [0.25, 0.3) is 17.7 Å². The zero-order valence-corrected chi connectivity index (χ0v) is 47.0. The van der Waals surface area contributed by atoms with E-state index < -0.39 is 0 Å². The smallest absolute Gasteiger partial charge is 0.255 e. The second-order valence-electron chi connectivity index (χ2n) is 24.0. The van der Waals surface area contributed by atoms with Crippen LogP contribution in [0, 0.1) is 17.8 Å². The van der Waals surface area contributed by atoms with E-state index in [1.54, 1.807) is 40.4 Å². The molecule has 1 saturated heterocycles. The zero-order valence-electron chi connectivity index (χ0n) is 47.0. The van der Waals surface area contributed by atoms with Crippen molar-refractivity contribution in [2.75, 3.05) is 43.4 Å². The van der Waals surface area contributed by atoms with Crippen LogP contribution < -0.4 is 31.9 Å². The number of benzene rings is 4. The van der Waals surface area contributed by atoms with Crippen molar-refractivity contribution in [3.63, 3.8) is 0 Å². The molecule has 0 spiro atoms.